The Labute approximate surface area is 274 Å². The van der Waals surface area contributed by atoms with Crippen molar-refractivity contribution < 1.29 is 50.3 Å². The predicted molar refractivity (Wildman–Crippen MR) is 164 cm³/mol. The number of benzene rings is 1. The van der Waals surface area contributed by atoms with Crippen molar-refractivity contribution in [3.05, 3.63) is 58.9 Å². The smallest absolute Gasteiger partial charge is 0.458 e. The molecule has 2 saturated heterocycles. The number of carbonyl (C=O) groups excluding carboxylic acids is 4. The van der Waals surface area contributed by atoms with E-state index < -0.39 is 23.9 Å². The van der Waals surface area contributed by atoms with Crippen molar-refractivity contribution in [1.82, 2.24) is 15.3 Å². The van der Waals surface area contributed by atoms with Gasteiger partial charge in [0.2, 0.25) is 0 Å². The van der Waals surface area contributed by atoms with Crippen LogP contribution in [0.1, 0.15) is 52.1 Å². The van der Waals surface area contributed by atoms with Gasteiger partial charge < -0.3 is 20.3 Å². The Balaban J connectivity index is 0.000000371. The van der Waals surface area contributed by atoms with Crippen molar-refractivity contribution in [2.75, 3.05) is 41.7 Å². The number of ether oxygens (including phenoxy) is 1. The Kier molecular flexibility index (Phi) is 11.7. The fourth-order valence-corrected chi connectivity index (χ4v) is 5.46. The maximum atomic E-state index is 13.5. The van der Waals surface area contributed by atoms with E-state index in [1.807, 2.05) is 30.5 Å². The first-order valence-electron chi connectivity index (χ1n) is 14.6. The Morgan fingerprint density at radius 1 is 0.917 bits per heavy atom. The van der Waals surface area contributed by atoms with Crippen LogP contribution in [-0.4, -0.2) is 78.0 Å². The van der Waals surface area contributed by atoms with Crippen molar-refractivity contribution >= 4 is 51.2 Å². The summed E-state index contributed by atoms with van der Waals surface area (Å²) in [7, 11) is 0. The molecular formula is C30H30F6N6O5S. The highest BCUT2D eigenvalue weighted by Gasteiger charge is 2.54. The van der Waals surface area contributed by atoms with E-state index in [1.54, 1.807) is 6.07 Å². The highest BCUT2D eigenvalue weighted by molar-refractivity contribution is 7.14. The van der Waals surface area contributed by atoms with Crippen LogP contribution in [0.4, 0.5) is 42.8 Å². The SMILES string of the molecule is Cc1csc(NC(=O)c2ccncc2NC(=O)c2ccc(N3CCCC3)cc2OC2CCNCC2)n1.O=C(C(=O)C(F)(F)F)C(F)(F)F. The average molecular weight is 701 g/mol. The van der Waals surface area contributed by atoms with Crippen LogP contribution in [0.2, 0.25) is 0 Å². The first-order chi connectivity index (χ1) is 22.6. The minimum absolute atomic E-state index is 0.0492. The zero-order valence-electron chi connectivity index (χ0n) is 25.3. The summed E-state index contributed by atoms with van der Waals surface area (Å²) in [6.45, 7) is 5.66. The summed E-state index contributed by atoms with van der Waals surface area (Å²) in [4.78, 5) is 56.3. The van der Waals surface area contributed by atoms with Crippen LogP contribution in [-0.2, 0) is 9.59 Å². The normalized spacial score (nSPS) is 15.3. The van der Waals surface area contributed by atoms with Crippen LogP contribution < -0.4 is 25.6 Å². The minimum Gasteiger partial charge on any atom is -0.489 e. The molecule has 2 aliphatic rings. The number of aromatic nitrogens is 2. The lowest BCUT2D eigenvalue weighted by Gasteiger charge is -2.26. The molecule has 3 aromatic rings. The summed E-state index contributed by atoms with van der Waals surface area (Å²) in [6, 6.07) is 7.34. The third-order valence-electron chi connectivity index (χ3n) is 7.14. The number of amides is 2. The number of alkyl halides is 6. The van der Waals surface area contributed by atoms with Gasteiger partial charge in [-0.3, -0.25) is 29.5 Å². The number of hydrogen-bond acceptors (Lipinski definition) is 10. The van der Waals surface area contributed by atoms with Crippen molar-refractivity contribution in [2.24, 2.45) is 0 Å². The molecule has 11 nitrogen and oxygen atoms in total. The number of carbonyl (C=O) groups is 4. The number of pyridine rings is 1. The minimum atomic E-state index is -5.77. The van der Waals surface area contributed by atoms with Gasteiger partial charge in [0, 0.05) is 36.4 Å². The number of nitrogens with zero attached hydrogens (tertiary/aromatic N) is 3. The molecule has 258 valence electrons. The second kappa shape index (κ2) is 15.5. The number of rotatable bonds is 8. The predicted octanol–water partition coefficient (Wildman–Crippen LogP) is 5.33. The van der Waals surface area contributed by atoms with Gasteiger partial charge in [-0.15, -0.1) is 11.3 Å². The molecule has 2 aromatic heterocycles. The van der Waals surface area contributed by atoms with Gasteiger partial charge in [-0.2, -0.15) is 26.3 Å². The number of anilines is 3. The first-order valence-corrected chi connectivity index (χ1v) is 15.5. The van der Waals surface area contributed by atoms with Crippen molar-refractivity contribution in [1.29, 1.82) is 0 Å². The molecule has 48 heavy (non-hydrogen) atoms. The molecule has 0 radical (unpaired) electrons. The van der Waals surface area contributed by atoms with E-state index in [0.29, 0.717) is 27.7 Å². The monoisotopic (exact) mass is 700 g/mol. The molecule has 3 N–H and O–H groups in total. The standard InChI is InChI=1S/C26H30N6O3S.C4F6O2/c1-17-16-36-26(29-17)31-24(33)20-8-11-28-15-22(20)30-25(34)21-5-4-18(32-12-2-3-13-32)14-23(21)35-19-6-9-27-10-7-19;5-3(6,7)1(11)2(12)4(8,9)10/h4-5,8,11,14-16,19,27H,2-3,6-7,9-10,12-13H2,1H3,(H,30,34)(H,29,31,33);. The van der Waals surface area contributed by atoms with E-state index in [1.165, 1.54) is 36.6 Å². The second-order valence-corrected chi connectivity index (χ2v) is 11.6. The fraction of sp³-hybridized carbons (Fsp3) is 0.400. The van der Waals surface area contributed by atoms with E-state index in [-0.39, 0.29) is 17.9 Å². The third kappa shape index (κ3) is 9.72. The highest BCUT2D eigenvalue weighted by Crippen LogP contribution is 2.31. The number of ketones is 2. The quantitative estimate of drug-likeness (QED) is 0.210. The molecule has 0 saturated carbocycles. The number of piperidine rings is 1. The van der Waals surface area contributed by atoms with E-state index >= 15 is 0 Å². The Hall–Kier alpha value is -4.58. The first kappa shape index (κ1) is 36.3. The number of nitrogens with one attached hydrogen (secondary N) is 3. The van der Waals surface area contributed by atoms with Crippen LogP contribution in [0, 0.1) is 6.92 Å². The van der Waals surface area contributed by atoms with Gasteiger partial charge in [0.15, 0.2) is 5.13 Å². The molecule has 0 bridgehead atoms. The van der Waals surface area contributed by atoms with Gasteiger partial charge in [-0.05, 0) is 63.9 Å². The van der Waals surface area contributed by atoms with Gasteiger partial charge in [-0.25, -0.2) is 4.98 Å². The van der Waals surface area contributed by atoms with E-state index in [4.69, 9.17) is 4.74 Å². The highest BCUT2D eigenvalue weighted by atomic mass is 32.1. The van der Waals surface area contributed by atoms with Gasteiger partial charge >= 0.3 is 23.9 Å². The summed E-state index contributed by atoms with van der Waals surface area (Å²) in [5.74, 6) is -6.96. The molecule has 0 unspecified atom stereocenters. The summed E-state index contributed by atoms with van der Waals surface area (Å²) in [5, 5.41) is 11.4. The lowest BCUT2D eigenvalue weighted by atomic mass is 10.1. The molecule has 0 aliphatic carbocycles. The number of aryl methyl sites for hydroxylation is 1. The van der Waals surface area contributed by atoms with Crippen LogP contribution >= 0.6 is 11.3 Å². The van der Waals surface area contributed by atoms with Crippen LogP contribution in [0.15, 0.2) is 42.0 Å². The Bertz CT molecular complexity index is 1610. The van der Waals surface area contributed by atoms with Gasteiger partial charge in [-0.1, -0.05) is 0 Å². The number of thiazole rings is 1. The van der Waals surface area contributed by atoms with Crippen LogP contribution in [0.25, 0.3) is 0 Å². The van der Waals surface area contributed by atoms with E-state index in [9.17, 15) is 45.5 Å². The summed E-state index contributed by atoms with van der Waals surface area (Å²) in [5.41, 5.74) is 2.96. The molecule has 5 rings (SSSR count). The molecule has 0 atom stereocenters. The summed E-state index contributed by atoms with van der Waals surface area (Å²) in [6.07, 6.45) is -4.39. The van der Waals surface area contributed by atoms with Crippen molar-refractivity contribution in [3.8, 4) is 5.75 Å². The third-order valence-corrected chi connectivity index (χ3v) is 8.01. The van der Waals surface area contributed by atoms with Crippen LogP contribution in [0.5, 0.6) is 5.75 Å². The molecular weight excluding hydrogens is 670 g/mol. The van der Waals surface area contributed by atoms with E-state index in [0.717, 1.165) is 50.4 Å². The molecule has 2 fully saturated rings. The average Bonchev–Trinajstić information content (AvgIpc) is 3.72. The maximum absolute atomic E-state index is 13.5. The number of hydrogen-bond donors (Lipinski definition) is 3. The molecule has 0 spiro atoms. The summed E-state index contributed by atoms with van der Waals surface area (Å²) >= 11 is 1.35. The van der Waals surface area contributed by atoms with Crippen LogP contribution in [0.3, 0.4) is 0 Å². The van der Waals surface area contributed by atoms with Gasteiger partial charge in [0.05, 0.1) is 28.7 Å². The lowest BCUT2D eigenvalue weighted by molar-refractivity contribution is -0.193. The largest absolute Gasteiger partial charge is 0.489 e. The topological polar surface area (TPSA) is 143 Å². The second-order valence-electron chi connectivity index (χ2n) is 10.7. The van der Waals surface area contributed by atoms with Gasteiger partial charge in [0.1, 0.15) is 11.9 Å². The van der Waals surface area contributed by atoms with E-state index in [2.05, 4.69) is 30.8 Å². The summed E-state index contributed by atoms with van der Waals surface area (Å²) < 4.78 is 73.3. The fourth-order valence-electron chi connectivity index (χ4n) is 4.78. The molecule has 18 heteroatoms. The van der Waals surface area contributed by atoms with Gasteiger partial charge in [0.25, 0.3) is 11.8 Å². The van der Waals surface area contributed by atoms with Crippen molar-refractivity contribution in [2.45, 2.75) is 51.1 Å². The molecule has 4 heterocycles. The van der Waals surface area contributed by atoms with Crippen molar-refractivity contribution in [3.63, 3.8) is 0 Å². The Morgan fingerprint density at radius 2 is 1.54 bits per heavy atom. The molecule has 2 aliphatic heterocycles. The molecule has 2 amide bonds. The number of Topliss-reactive ketones (excluding diaryl/α,β-unsaturated/α-hetero) is 2. The zero-order chi connectivity index (χ0) is 35.1. The number of halogens is 6. The lowest BCUT2D eigenvalue weighted by Crippen LogP contribution is -2.39. The molecule has 1 aromatic carbocycles. The zero-order valence-corrected chi connectivity index (χ0v) is 26.2. The maximum Gasteiger partial charge on any atom is 0.458 e. The Morgan fingerprint density at radius 3 is 2.12 bits per heavy atom.